The van der Waals surface area contributed by atoms with Crippen LogP contribution < -0.4 is 9.80 Å². The van der Waals surface area contributed by atoms with E-state index in [-0.39, 0.29) is 11.5 Å². The highest BCUT2D eigenvalue weighted by Gasteiger charge is 2.60. The molecule has 7 aromatic rings. The smallest absolute Gasteiger partial charge is 0.0563 e. The minimum atomic E-state index is -0.200. The third kappa shape index (κ3) is 6.07. The van der Waals surface area contributed by atoms with Gasteiger partial charge in [-0.25, -0.2) is 0 Å². The van der Waals surface area contributed by atoms with Crippen molar-refractivity contribution in [2.45, 2.75) is 43.6 Å². The maximum Gasteiger partial charge on any atom is 0.0563 e. The van der Waals surface area contributed by atoms with Crippen molar-refractivity contribution in [1.29, 1.82) is 0 Å². The van der Waals surface area contributed by atoms with Gasteiger partial charge in [-0.3, -0.25) is 0 Å². The van der Waals surface area contributed by atoms with Gasteiger partial charge >= 0.3 is 0 Å². The summed E-state index contributed by atoms with van der Waals surface area (Å²) >= 11 is 0. The van der Waals surface area contributed by atoms with Crippen molar-refractivity contribution in [3.05, 3.63) is 252 Å². The highest BCUT2D eigenvalue weighted by atomic mass is 15.2. The van der Waals surface area contributed by atoms with Crippen LogP contribution in [0.15, 0.2) is 241 Å². The number of nitrogens with zero attached hydrogens (tertiary/aromatic N) is 2. The summed E-state index contributed by atoms with van der Waals surface area (Å²) < 4.78 is 0. The molecule has 0 amide bonds. The molecular weight excluding hydrogens is 761 g/mol. The highest BCUT2D eigenvalue weighted by Crippen LogP contribution is 2.69. The van der Waals surface area contributed by atoms with Crippen LogP contribution in [-0.2, 0) is 5.41 Å². The maximum atomic E-state index is 2.61. The normalized spacial score (nSPS) is 21.6. The van der Waals surface area contributed by atoms with E-state index in [2.05, 4.69) is 234 Å². The van der Waals surface area contributed by atoms with Gasteiger partial charge in [0.2, 0.25) is 0 Å². The van der Waals surface area contributed by atoms with Crippen molar-refractivity contribution in [1.82, 2.24) is 0 Å². The first-order valence-corrected chi connectivity index (χ1v) is 22.9. The minimum absolute atomic E-state index is 0.132. The zero-order valence-corrected chi connectivity index (χ0v) is 35.5. The molecule has 304 valence electrons. The molecule has 0 radical (unpaired) electrons. The van der Waals surface area contributed by atoms with E-state index in [1.165, 1.54) is 73.8 Å². The SMILES string of the molecule is C1=CC2=C(CC1)C1(C3=C(C=CC(N(c4ccccc4)c4cccc(-c5ccccc5)c4)C3)C3C=CCCC31)c1cccc(N(c3ccccc3)c3ccccc3-c3ccccc3)c12. The lowest BCUT2D eigenvalue weighted by Gasteiger charge is -2.44. The number of anilines is 5. The number of fused-ring (bicyclic) bond motifs is 8. The van der Waals surface area contributed by atoms with Crippen molar-refractivity contribution < 1.29 is 0 Å². The van der Waals surface area contributed by atoms with Crippen LogP contribution >= 0.6 is 0 Å². The molecule has 7 aromatic carbocycles. The summed E-state index contributed by atoms with van der Waals surface area (Å²) in [6, 6.07) is 69.4. The van der Waals surface area contributed by atoms with E-state index >= 15 is 0 Å². The molecule has 5 aliphatic carbocycles. The van der Waals surface area contributed by atoms with E-state index in [1.807, 2.05) is 0 Å². The number of hydrogen-bond acceptors (Lipinski definition) is 2. The third-order valence-electron chi connectivity index (χ3n) is 14.5. The van der Waals surface area contributed by atoms with Crippen molar-refractivity contribution in [2.24, 2.45) is 11.8 Å². The topological polar surface area (TPSA) is 6.48 Å². The summed E-state index contributed by atoms with van der Waals surface area (Å²) in [5, 5.41) is 0. The molecule has 4 unspecified atom stereocenters. The Bertz CT molecular complexity index is 2990. The Morgan fingerprint density at radius 3 is 1.94 bits per heavy atom. The molecule has 2 heteroatoms. The molecule has 1 spiro atoms. The third-order valence-corrected chi connectivity index (χ3v) is 14.5. The van der Waals surface area contributed by atoms with Gasteiger partial charge in [0.05, 0.1) is 17.4 Å². The Labute approximate surface area is 372 Å². The molecule has 63 heavy (non-hydrogen) atoms. The Morgan fingerprint density at radius 2 is 1.14 bits per heavy atom. The first-order valence-electron chi connectivity index (χ1n) is 22.9. The van der Waals surface area contributed by atoms with Gasteiger partial charge in [0.25, 0.3) is 0 Å². The number of allylic oxidation sites excluding steroid dienone is 8. The minimum Gasteiger partial charge on any atom is -0.334 e. The highest BCUT2D eigenvalue weighted by molar-refractivity contribution is 5.99. The Balaban J connectivity index is 1.05. The van der Waals surface area contributed by atoms with Gasteiger partial charge in [0.1, 0.15) is 0 Å². The molecule has 0 N–H and O–H groups in total. The summed E-state index contributed by atoms with van der Waals surface area (Å²) in [4.78, 5) is 5.16. The quantitative estimate of drug-likeness (QED) is 0.141. The predicted octanol–water partition coefficient (Wildman–Crippen LogP) is 15.9. The van der Waals surface area contributed by atoms with E-state index in [4.69, 9.17) is 0 Å². The van der Waals surface area contributed by atoms with Crippen LogP contribution in [0.4, 0.5) is 28.4 Å². The van der Waals surface area contributed by atoms with Crippen molar-refractivity contribution in [2.75, 3.05) is 9.80 Å². The van der Waals surface area contributed by atoms with Crippen LogP contribution in [0.1, 0.15) is 43.2 Å². The van der Waals surface area contributed by atoms with Crippen molar-refractivity contribution in [3.63, 3.8) is 0 Å². The molecule has 0 aliphatic heterocycles. The second-order valence-electron chi connectivity index (χ2n) is 17.7. The van der Waals surface area contributed by atoms with Gasteiger partial charge in [-0.2, -0.15) is 0 Å². The first-order chi connectivity index (χ1) is 31.3. The fourth-order valence-corrected chi connectivity index (χ4v) is 12.1. The summed E-state index contributed by atoms with van der Waals surface area (Å²) in [5.41, 5.74) is 19.9. The molecule has 0 saturated heterocycles. The fraction of sp³-hybridized carbons (Fsp3) is 0.148. The number of hydrogen-bond donors (Lipinski definition) is 0. The van der Waals surface area contributed by atoms with Crippen LogP contribution in [0, 0.1) is 11.8 Å². The molecule has 5 aliphatic rings. The van der Waals surface area contributed by atoms with Crippen LogP contribution in [0.25, 0.3) is 27.8 Å². The van der Waals surface area contributed by atoms with E-state index in [9.17, 15) is 0 Å². The Hall–Kier alpha value is -7.16. The molecule has 4 atom stereocenters. The molecular formula is C61H50N2. The van der Waals surface area contributed by atoms with Gasteiger partial charge in [0.15, 0.2) is 0 Å². The van der Waals surface area contributed by atoms with Gasteiger partial charge in [-0.05, 0) is 131 Å². The van der Waals surface area contributed by atoms with Crippen LogP contribution in [-0.4, -0.2) is 6.04 Å². The summed E-state index contributed by atoms with van der Waals surface area (Å²) in [6.07, 6.45) is 20.5. The van der Waals surface area contributed by atoms with Crippen molar-refractivity contribution >= 4 is 34.0 Å². The van der Waals surface area contributed by atoms with Gasteiger partial charge in [0, 0.05) is 39.5 Å². The molecule has 0 aromatic heterocycles. The van der Waals surface area contributed by atoms with E-state index in [0.717, 1.165) is 25.7 Å². The number of rotatable bonds is 8. The average molecular weight is 811 g/mol. The summed E-state index contributed by atoms with van der Waals surface area (Å²) in [6.45, 7) is 0. The van der Waals surface area contributed by atoms with E-state index < -0.39 is 0 Å². The molecule has 0 heterocycles. The molecule has 12 rings (SSSR count). The Morgan fingerprint density at radius 1 is 0.492 bits per heavy atom. The van der Waals surface area contributed by atoms with Crippen LogP contribution in [0.2, 0.25) is 0 Å². The van der Waals surface area contributed by atoms with Gasteiger partial charge in [-0.1, -0.05) is 176 Å². The second-order valence-corrected chi connectivity index (χ2v) is 17.7. The standard InChI is InChI=1S/C61H50N2/c1-5-21-43(22-6-1)45-25-19-30-48(41-45)62(46-26-9-3-10-27-46)49-39-40-52-51-32-13-16-34-54(51)61(57(52)42-49)55-35-17-14-33-53(55)60-56(61)36-20-38-59(60)63(47-28-11-4-12-29-47)58-37-18-15-31-50(58)44-23-7-2-8-24-44/h1-15,18-33,36-41,49,51,54H,16-17,34-35,42H2. The zero-order valence-electron chi connectivity index (χ0n) is 35.5. The first kappa shape index (κ1) is 37.6. The summed E-state index contributed by atoms with van der Waals surface area (Å²) in [5.74, 6) is 0.841. The second kappa shape index (κ2) is 15.6. The predicted molar refractivity (Wildman–Crippen MR) is 264 cm³/mol. The largest absolute Gasteiger partial charge is 0.334 e. The lowest BCUT2D eigenvalue weighted by molar-refractivity contribution is 0.308. The monoisotopic (exact) mass is 810 g/mol. The van der Waals surface area contributed by atoms with Gasteiger partial charge < -0.3 is 9.80 Å². The van der Waals surface area contributed by atoms with E-state index in [0.29, 0.717) is 11.8 Å². The summed E-state index contributed by atoms with van der Waals surface area (Å²) in [7, 11) is 0. The fourth-order valence-electron chi connectivity index (χ4n) is 12.1. The molecule has 0 saturated carbocycles. The molecule has 0 fully saturated rings. The molecule has 0 bridgehead atoms. The lowest BCUT2D eigenvalue weighted by Crippen LogP contribution is -2.40. The van der Waals surface area contributed by atoms with Crippen LogP contribution in [0.5, 0.6) is 0 Å². The van der Waals surface area contributed by atoms with Crippen LogP contribution in [0.3, 0.4) is 0 Å². The number of benzene rings is 7. The Kier molecular flexibility index (Phi) is 9.33. The zero-order chi connectivity index (χ0) is 41.7. The van der Waals surface area contributed by atoms with Crippen molar-refractivity contribution in [3.8, 4) is 22.3 Å². The lowest BCUT2D eigenvalue weighted by atomic mass is 9.60. The maximum absolute atomic E-state index is 2.61. The average Bonchev–Trinajstić information content (AvgIpc) is 3.83. The van der Waals surface area contributed by atoms with Gasteiger partial charge in [-0.15, -0.1) is 0 Å². The molecule has 2 nitrogen and oxygen atoms in total. The number of para-hydroxylation sites is 3. The van der Waals surface area contributed by atoms with E-state index in [1.54, 1.807) is 16.7 Å².